The molecule has 0 fully saturated rings. The third kappa shape index (κ3) is 4.86. The lowest BCUT2D eigenvalue weighted by molar-refractivity contribution is -0.117. The van der Waals surface area contributed by atoms with E-state index in [1.807, 2.05) is 19.1 Å². The van der Waals surface area contributed by atoms with E-state index >= 15 is 0 Å². The molecule has 1 aromatic heterocycles. The predicted octanol–water partition coefficient (Wildman–Crippen LogP) is 4.00. The van der Waals surface area contributed by atoms with Crippen LogP contribution in [0.25, 0.3) is 0 Å². The van der Waals surface area contributed by atoms with Crippen LogP contribution in [0.3, 0.4) is 0 Å². The van der Waals surface area contributed by atoms with E-state index in [0.717, 1.165) is 10.0 Å². The Labute approximate surface area is 175 Å². The van der Waals surface area contributed by atoms with E-state index in [1.54, 1.807) is 32.0 Å². The molecule has 2 N–H and O–H groups in total. The Balaban J connectivity index is 1.68. The van der Waals surface area contributed by atoms with Gasteiger partial charge in [-0.2, -0.15) is 0 Å². The summed E-state index contributed by atoms with van der Waals surface area (Å²) in [5.74, 6) is -1.24. The molecule has 0 radical (unpaired) electrons. The van der Waals surface area contributed by atoms with E-state index < -0.39 is 17.6 Å². The summed E-state index contributed by atoms with van der Waals surface area (Å²) < 4.78 is 15.7. The average molecular weight is 460 g/mol. The molecule has 0 saturated heterocycles. The molecule has 0 aliphatic heterocycles. The van der Waals surface area contributed by atoms with Crippen molar-refractivity contribution in [1.82, 2.24) is 15.0 Å². The van der Waals surface area contributed by atoms with Crippen molar-refractivity contribution >= 4 is 39.1 Å². The number of hydrogen-bond acceptors (Lipinski definition) is 4. The molecule has 2 amide bonds. The Morgan fingerprint density at radius 1 is 1.10 bits per heavy atom. The molecule has 3 aromatic rings. The fourth-order valence-corrected chi connectivity index (χ4v) is 3.22. The Hall–Kier alpha value is -3.07. The molecule has 9 heteroatoms. The van der Waals surface area contributed by atoms with Crippen molar-refractivity contribution in [2.45, 2.75) is 27.3 Å². The number of hydrogen-bond donors (Lipinski definition) is 2. The quantitative estimate of drug-likeness (QED) is 0.603. The first-order chi connectivity index (χ1) is 13.7. The Kier molecular flexibility index (Phi) is 6.07. The molecule has 1 heterocycles. The minimum absolute atomic E-state index is 0.117. The molecule has 2 aromatic carbocycles. The molecular formula is C20H19BrFN5O2. The van der Waals surface area contributed by atoms with Gasteiger partial charge in [-0.05, 0) is 72.1 Å². The smallest absolute Gasteiger partial charge is 0.278 e. The Morgan fingerprint density at radius 2 is 1.86 bits per heavy atom. The van der Waals surface area contributed by atoms with Crippen LogP contribution in [0, 0.1) is 26.6 Å². The van der Waals surface area contributed by atoms with Crippen LogP contribution in [0.1, 0.15) is 27.3 Å². The van der Waals surface area contributed by atoms with E-state index in [9.17, 15) is 14.0 Å². The van der Waals surface area contributed by atoms with Crippen LogP contribution in [0.4, 0.5) is 15.8 Å². The fraction of sp³-hybridized carbons (Fsp3) is 0.200. The van der Waals surface area contributed by atoms with Gasteiger partial charge in [-0.15, -0.1) is 5.10 Å². The van der Waals surface area contributed by atoms with Gasteiger partial charge in [0.15, 0.2) is 5.69 Å². The minimum Gasteiger partial charge on any atom is -0.324 e. The van der Waals surface area contributed by atoms with E-state index in [1.165, 1.54) is 10.7 Å². The van der Waals surface area contributed by atoms with E-state index in [0.29, 0.717) is 22.6 Å². The maximum absolute atomic E-state index is 13.6. The molecule has 0 bridgehead atoms. The summed E-state index contributed by atoms with van der Waals surface area (Å²) in [6.45, 7) is 5.08. The second-order valence-corrected chi connectivity index (χ2v) is 7.49. The van der Waals surface area contributed by atoms with Gasteiger partial charge >= 0.3 is 0 Å². The van der Waals surface area contributed by atoms with Crippen molar-refractivity contribution in [1.29, 1.82) is 0 Å². The van der Waals surface area contributed by atoms with Crippen molar-refractivity contribution in [3.05, 3.63) is 69.2 Å². The average Bonchev–Trinajstić information content (AvgIpc) is 3.01. The van der Waals surface area contributed by atoms with Crippen LogP contribution < -0.4 is 10.6 Å². The maximum atomic E-state index is 13.6. The largest absolute Gasteiger partial charge is 0.324 e. The number of rotatable bonds is 5. The maximum Gasteiger partial charge on any atom is 0.278 e. The second kappa shape index (κ2) is 8.52. The SMILES string of the molecule is Cc1ccc(NC(=O)c2nnn(CC(=O)Nc3ccc(C)c(F)c3)c2C)c(Br)c1. The zero-order valence-corrected chi connectivity index (χ0v) is 17.7. The molecule has 29 heavy (non-hydrogen) atoms. The Bertz CT molecular complexity index is 1100. The fourth-order valence-electron chi connectivity index (χ4n) is 2.63. The van der Waals surface area contributed by atoms with Gasteiger partial charge in [0.05, 0.1) is 11.4 Å². The number of carbonyl (C=O) groups excluding carboxylic acids is 2. The van der Waals surface area contributed by atoms with Crippen LogP contribution in [-0.4, -0.2) is 26.8 Å². The zero-order chi connectivity index (χ0) is 21.1. The topological polar surface area (TPSA) is 88.9 Å². The molecular weight excluding hydrogens is 441 g/mol. The number of amides is 2. The van der Waals surface area contributed by atoms with Crippen molar-refractivity contribution in [2.75, 3.05) is 10.6 Å². The summed E-state index contributed by atoms with van der Waals surface area (Å²) in [5.41, 5.74) is 3.05. The lowest BCUT2D eigenvalue weighted by Crippen LogP contribution is -2.21. The summed E-state index contributed by atoms with van der Waals surface area (Å²) in [7, 11) is 0. The van der Waals surface area contributed by atoms with Gasteiger partial charge in [0.25, 0.3) is 5.91 Å². The molecule has 0 aliphatic rings. The zero-order valence-electron chi connectivity index (χ0n) is 16.1. The highest BCUT2D eigenvalue weighted by molar-refractivity contribution is 9.10. The molecule has 0 aliphatic carbocycles. The molecule has 0 saturated carbocycles. The monoisotopic (exact) mass is 459 g/mol. The number of halogens is 2. The lowest BCUT2D eigenvalue weighted by Gasteiger charge is -2.08. The summed E-state index contributed by atoms with van der Waals surface area (Å²) in [5, 5.41) is 13.1. The number of nitrogens with one attached hydrogen (secondary N) is 2. The summed E-state index contributed by atoms with van der Waals surface area (Å²) in [4.78, 5) is 24.8. The standard InChI is InChI=1S/C20H19BrFN5O2/c1-11-4-7-17(15(21)8-11)24-20(29)19-13(3)27(26-25-19)10-18(28)23-14-6-5-12(2)16(22)9-14/h4-9H,10H2,1-3H3,(H,23,28)(H,24,29). The molecule has 150 valence electrons. The first-order valence-electron chi connectivity index (χ1n) is 8.78. The summed E-state index contributed by atoms with van der Waals surface area (Å²) in [6.07, 6.45) is 0. The third-order valence-corrected chi connectivity index (χ3v) is 4.98. The summed E-state index contributed by atoms with van der Waals surface area (Å²) >= 11 is 3.41. The van der Waals surface area contributed by atoms with Crippen molar-refractivity contribution in [3.8, 4) is 0 Å². The van der Waals surface area contributed by atoms with Crippen LogP contribution >= 0.6 is 15.9 Å². The molecule has 0 unspecified atom stereocenters. The van der Waals surface area contributed by atoms with Gasteiger partial charge in [-0.3, -0.25) is 9.59 Å². The van der Waals surface area contributed by atoms with E-state index in [2.05, 4.69) is 36.9 Å². The van der Waals surface area contributed by atoms with Crippen LogP contribution in [-0.2, 0) is 11.3 Å². The van der Waals surface area contributed by atoms with Gasteiger partial charge in [0, 0.05) is 10.2 Å². The lowest BCUT2D eigenvalue weighted by atomic mass is 10.2. The van der Waals surface area contributed by atoms with Gasteiger partial charge in [0.2, 0.25) is 5.91 Å². The van der Waals surface area contributed by atoms with E-state index in [4.69, 9.17) is 0 Å². The highest BCUT2D eigenvalue weighted by Crippen LogP contribution is 2.24. The van der Waals surface area contributed by atoms with Crippen molar-refractivity contribution < 1.29 is 14.0 Å². The molecule has 0 spiro atoms. The van der Waals surface area contributed by atoms with Crippen LogP contribution in [0.5, 0.6) is 0 Å². The number of carbonyl (C=O) groups is 2. The molecule has 3 rings (SSSR count). The highest BCUT2D eigenvalue weighted by atomic mass is 79.9. The predicted molar refractivity (Wildman–Crippen MR) is 111 cm³/mol. The number of nitrogens with zero attached hydrogens (tertiary/aromatic N) is 3. The number of anilines is 2. The normalized spacial score (nSPS) is 10.7. The number of aryl methyl sites for hydroxylation is 2. The number of benzene rings is 2. The Morgan fingerprint density at radius 3 is 2.55 bits per heavy atom. The molecule has 0 atom stereocenters. The first kappa shape index (κ1) is 20.7. The summed E-state index contributed by atoms with van der Waals surface area (Å²) in [6, 6.07) is 9.99. The van der Waals surface area contributed by atoms with Crippen molar-refractivity contribution in [3.63, 3.8) is 0 Å². The van der Waals surface area contributed by atoms with Crippen LogP contribution in [0.2, 0.25) is 0 Å². The van der Waals surface area contributed by atoms with Crippen LogP contribution in [0.15, 0.2) is 40.9 Å². The number of aromatic nitrogens is 3. The van der Waals surface area contributed by atoms with Gasteiger partial charge < -0.3 is 10.6 Å². The molecule has 7 nitrogen and oxygen atoms in total. The van der Waals surface area contributed by atoms with Gasteiger partial charge in [0.1, 0.15) is 12.4 Å². The van der Waals surface area contributed by atoms with Gasteiger partial charge in [-0.25, -0.2) is 9.07 Å². The third-order valence-electron chi connectivity index (χ3n) is 4.32. The highest BCUT2D eigenvalue weighted by Gasteiger charge is 2.19. The van der Waals surface area contributed by atoms with E-state index in [-0.39, 0.29) is 12.2 Å². The van der Waals surface area contributed by atoms with Gasteiger partial charge in [-0.1, -0.05) is 17.3 Å². The first-order valence-corrected chi connectivity index (χ1v) is 9.57. The second-order valence-electron chi connectivity index (χ2n) is 6.63. The van der Waals surface area contributed by atoms with Crippen molar-refractivity contribution in [2.24, 2.45) is 0 Å². The minimum atomic E-state index is -0.431.